The number of hydrogen-bond donors (Lipinski definition) is 1. The quantitative estimate of drug-likeness (QED) is 0.449. The van der Waals surface area contributed by atoms with E-state index in [0.29, 0.717) is 0 Å². The molecule has 1 nitrogen and oxygen atoms in total. The second-order valence-corrected chi connectivity index (χ2v) is 5.28. The summed E-state index contributed by atoms with van der Waals surface area (Å²) in [5.41, 5.74) is 0.932. The second kappa shape index (κ2) is 7.29. The van der Waals surface area contributed by atoms with E-state index in [0.717, 1.165) is 5.54 Å². The summed E-state index contributed by atoms with van der Waals surface area (Å²) in [6, 6.07) is 0. The van der Waals surface area contributed by atoms with Crippen LogP contribution in [0.1, 0.15) is 33.1 Å². The van der Waals surface area contributed by atoms with Gasteiger partial charge >= 0.3 is 0 Å². The van der Waals surface area contributed by atoms with Crippen molar-refractivity contribution in [3.8, 4) is 0 Å². The summed E-state index contributed by atoms with van der Waals surface area (Å²) in [5, 5.41) is 3.45. The average molecular weight is 159 g/mol. The molecule has 0 rings (SSSR count). The van der Waals surface area contributed by atoms with Crippen LogP contribution in [0.3, 0.4) is 0 Å². The Morgan fingerprint density at radius 3 is 2.60 bits per heavy atom. The van der Waals surface area contributed by atoms with Crippen LogP contribution in [0.15, 0.2) is 0 Å². The second-order valence-electron chi connectivity index (χ2n) is 3.31. The first-order valence-corrected chi connectivity index (χ1v) is 5.63. The SMILES string of the molecule is CCCCCNCC(C)[SiH3]. The Labute approximate surface area is 68.0 Å². The first kappa shape index (κ1) is 10.2. The number of rotatable bonds is 6. The smallest absolute Gasteiger partial charge is 0.00799 e. The molecule has 0 saturated heterocycles. The van der Waals surface area contributed by atoms with E-state index in [1.165, 1.54) is 42.6 Å². The zero-order chi connectivity index (χ0) is 7.82. The third-order valence-electron chi connectivity index (χ3n) is 1.51. The maximum atomic E-state index is 3.45. The molecule has 0 heterocycles. The summed E-state index contributed by atoms with van der Waals surface area (Å²) in [6.45, 7) is 7.00. The largest absolute Gasteiger partial charge is 0.317 e. The number of unbranched alkanes of at least 4 members (excludes halogenated alkanes) is 2. The van der Waals surface area contributed by atoms with Crippen molar-refractivity contribution in [2.45, 2.75) is 38.7 Å². The van der Waals surface area contributed by atoms with Crippen molar-refractivity contribution in [2.24, 2.45) is 0 Å². The highest BCUT2D eigenvalue weighted by molar-refractivity contribution is 6.11. The summed E-state index contributed by atoms with van der Waals surface area (Å²) in [4.78, 5) is 0. The van der Waals surface area contributed by atoms with Crippen LogP contribution >= 0.6 is 0 Å². The van der Waals surface area contributed by atoms with Gasteiger partial charge < -0.3 is 5.32 Å². The highest BCUT2D eigenvalue weighted by atomic mass is 28.1. The van der Waals surface area contributed by atoms with Crippen molar-refractivity contribution in [1.82, 2.24) is 5.32 Å². The molecule has 0 aromatic heterocycles. The Morgan fingerprint density at radius 2 is 2.10 bits per heavy atom. The summed E-state index contributed by atoms with van der Waals surface area (Å²) < 4.78 is 0. The molecule has 62 valence electrons. The van der Waals surface area contributed by atoms with E-state index in [1.807, 2.05) is 0 Å². The van der Waals surface area contributed by atoms with Gasteiger partial charge in [0.2, 0.25) is 0 Å². The van der Waals surface area contributed by atoms with Gasteiger partial charge in [0.25, 0.3) is 0 Å². The van der Waals surface area contributed by atoms with Crippen LogP contribution in [0, 0.1) is 0 Å². The molecule has 2 heteroatoms. The molecule has 1 atom stereocenters. The van der Waals surface area contributed by atoms with Gasteiger partial charge in [0, 0.05) is 10.2 Å². The molecule has 0 radical (unpaired) electrons. The first-order chi connectivity index (χ1) is 4.77. The Balaban J connectivity index is 2.77. The van der Waals surface area contributed by atoms with Crippen molar-refractivity contribution < 1.29 is 0 Å². The minimum Gasteiger partial charge on any atom is -0.317 e. The van der Waals surface area contributed by atoms with Crippen molar-refractivity contribution in [1.29, 1.82) is 0 Å². The molecule has 1 N–H and O–H groups in total. The molecular formula is C8H21NSi. The van der Waals surface area contributed by atoms with Crippen LogP contribution in [0.2, 0.25) is 5.54 Å². The minimum atomic E-state index is 0.932. The van der Waals surface area contributed by atoms with Crippen molar-refractivity contribution >= 4 is 10.2 Å². The zero-order valence-corrected chi connectivity index (χ0v) is 9.61. The zero-order valence-electron chi connectivity index (χ0n) is 7.61. The summed E-state index contributed by atoms with van der Waals surface area (Å²) >= 11 is 0. The van der Waals surface area contributed by atoms with Crippen LogP contribution in [0.4, 0.5) is 0 Å². The monoisotopic (exact) mass is 159 g/mol. The molecule has 0 aromatic rings. The van der Waals surface area contributed by atoms with Gasteiger partial charge in [-0.25, -0.2) is 0 Å². The lowest BCUT2D eigenvalue weighted by atomic mass is 10.2. The van der Waals surface area contributed by atoms with Gasteiger partial charge in [0.05, 0.1) is 0 Å². The fraction of sp³-hybridized carbons (Fsp3) is 1.00. The standard InChI is InChI=1S/C8H21NSi/c1-3-4-5-6-9-7-8(2)10/h8-9H,3-7H2,1-2,10H3. The third-order valence-corrected chi connectivity index (χ3v) is 1.92. The molecular weight excluding hydrogens is 138 g/mol. The molecule has 0 aliphatic heterocycles. The summed E-state index contributed by atoms with van der Waals surface area (Å²) in [7, 11) is 1.33. The Morgan fingerprint density at radius 1 is 1.40 bits per heavy atom. The molecule has 0 bridgehead atoms. The van der Waals surface area contributed by atoms with E-state index in [9.17, 15) is 0 Å². The minimum absolute atomic E-state index is 0.932. The Bertz CT molecular complexity index is 64.3. The molecule has 0 saturated carbocycles. The van der Waals surface area contributed by atoms with Gasteiger partial charge in [0.1, 0.15) is 0 Å². The molecule has 0 fully saturated rings. The summed E-state index contributed by atoms with van der Waals surface area (Å²) in [6.07, 6.45) is 4.06. The molecule has 1 unspecified atom stereocenters. The van der Waals surface area contributed by atoms with Gasteiger partial charge in [-0.15, -0.1) is 0 Å². The molecule has 0 aliphatic rings. The topological polar surface area (TPSA) is 12.0 Å². The van der Waals surface area contributed by atoms with Gasteiger partial charge in [-0.1, -0.05) is 26.7 Å². The van der Waals surface area contributed by atoms with Crippen LogP contribution < -0.4 is 5.32 Å². The van der Waals surface area contributed by atoms with E-state index < -0.39 is 0 Å². The van der Waals surface area contributed by atoms with Crippen molar-refractivity contribution in [3.63, 3.8) is 0 Å². The predicted octanol–water partition coefficient (Wildman–Crippen LogP) is 0.940. The van der Waals surface area contributed by atoms with Gasteiger partial charge in [-0.2, -0.15) is 0 Å². The van der Waals surface area contributed by atoms with Crippen LogP contribution in [-0.4, -0.2) is 23.3 Å². The fourth-order valence-corrected chi connectivity index (χ4v) is 1.18. The van der Waals surface area contributed by atoms with E-state index >= 15 is 0 Å². The van der Waals surface area contributed by atoms with E-state index in [4.69, 9.17) is 0 Å². The average Bonchev–Trinajstić information content (AvgIpc) is 1.87. The van der Waals surface area contributed by atoms with Crippen molar-refractivity contribution in [3.05, 3.63) is 0 Å². The highest BCUT2D eigenvalue weighted by Crippen LogP contribution is 1.93. The van der Waals surface area contributed by atoms with Gasteiger partial charge in [-0.3, -0.25) is 0 Å². The molecule has 0 aromatic carbocycles. The lowest BCUT2D eigenvalue weighted by molar-refractivity contribution is 0.611. The number of nitrogens with one attached hydrogen (secondary N) is 1. The Kier molecular flexibility index (Phi) is 7.41. The van der Waals surface area contributed by atoms with Crippen LogP contribution in [0.25, 0.3) is 0 Å². The van der Waals surface area contributed by atoms with Crippen molar-refractivity contribution in [2.75, 3.05) is 13.1 Å². The number of hydrogen-bond acceptors (Lipinski definition) is 1. The third kappa shape index (κ3) is 8.18. The van der Waals surface area contributed by atoms with Gasteiger partial charge in [0.15, 0.2) is 0 Å². The van der Waals surface area contributed by atoms with Gasteiger partial charge in [-0.05, 0) is 25.1 Å². The lowest BCUT2D eigenvalue weighted by Gasteiger charge is -2.05. The predicted molar refractivity (Wildman–Crippen MR) is 51.8 cm³/mol. The maximum absolute atomic E-state index is 3.45. The summed E-state index contributed by atoms with van der Waals surface area (Å²) in [5.74, 6) is 0. The molecule has 0 aliphatic carbocycles. The Hall–Kier alpha value is 0.177. The molecule has 10 heavy (non-hydrogen) atoms. The highest BCUT2D eigenvalue weighted by Gasteiger charge is 1.91. The fourth-order valence-electron chi connectivity index (χ4n) is 0.891. The van der Waals surface area contributed by atoms with Crippen LogP contribution in [-0.2, 0) is 0 Å². The van der Waals surface area contributed by atoms with E-state index in [-0.39, 0.29) is 0 Å². The van der Waals surface area contributed by atoms with Crippen LogP contribution in [0.5, 0.6) is 0 Å². The normalized spacial score (nSPS) is 13.8. The molecule has 0 spiro atoms. The van der Waals surface area contributed by atoms with E-state index in [2.05, 4.69) is 19.2 Å². The maximum Gasteiger partial charge on any atom is 0.00799 e. The molecule has 0 amide bonds. The first-order valence-electron chi connectivity index (χ1n) is 4.48. The van der Waals surface area contributed by atoms with E-state index in [1.54, 1.807) is 0 Å². The lowest BCUT2D eigenvalue weighted by Crippen LogP contribution is -2.19.